The zero-order chi connectivity index (χ0) is 10.1. The van der Waals surface area contributed by atoms with Gasteiger partial charge in [-0.25, -0.2) is 8.78 Å². The van der Waals surface area contributed by atoms with E-state index in [1.165, 1.54) is 0 Å². The van der Waals surface area contributed by atoms with Crippen molar-refractivity contribution in [2.24, 2.45) is 4.99 Å². The van der Waals surface area contributed by atoms with Crippen molar-refractivity contribution in [1.82, 2.24) is 4.90 Å². The number of halogens is 5. The molecule has 76 valence electrons. The molecule has 0 radical (unpaired) electrons. The van der Waals surface area contributed by atoms with Gasteiger partial charge in [0, 0.05) is 6.54 Å². The molecule has 13 heavy (non-hydrogen) atoms. The first-order valence-electron chi connectivity index (χ1n) is 3.51. The van der Waals surface area contributed by atoms with Gasteiger partial charge in [0.2, 0.25) is 0 Å². The smallest absolute Gasteiger partial charge is 0.351 e. The molecule has 0 aromatic rings. The molecule has 2 nitrogen and oxygen atoms in total. The van der Waals surface area contributed by atoms with Crippen molar-refractivity contribution >= 4 is 6.34 Å². The lowest BCUT2D eigenvalue weighted by Gasteiger charge is -2.17. The molecule has 0 fully saturated rings. The van der Waals surface area contributed by atoms with Crippen molar-refractivity contribution in [2.45, 2.75) is 18.6 Å². The third kappa shape index (κ3) is 3.16. The second-order valence-corrected chi connectivity index (χ2v) is 2.71. The zero-order valence-electron chi connectivity index (χ0n) is 6.43. The molecule has 7 heteroatoms. The van der Waals surface area contributed by atoms with E-state index < -0.39 is 25.2 Å². The van der Waals surface area contributed by atoms with Gasteiger partial charge in [-0.3, -0.25) is 4.99 Å². The molecule has 0 spiro atoms. The highest BCUT2D eigenvalue weighted by Crippen LogP contribution is 2.19. The van der Waals surface area contributed by atoms with E-state index in [-0.39, 0.29) is 6.54 Å². The Hall–Kier alpha value is -0.880. The van der Waals surface area contributed by atoms with E-state index in [9.17, 15) is 22.0 Å². The summed E-state index contributed by atoms with van der Waals surface area (Å²) >= 11 is 0. The van der Waals surface area contributed by atoms with Crippen LogP contribution in [0.3, 0.4) is 0 Å². The molecule has 1 atom stereocenters. The van der Waals surface area contributed by atoms with Crippen LogP contribution in [-0.4, -0.2) is 43.0 Å². The molecular weight excluding hydrogens is 195 g/mol. The Kier molecular flexibility index (Phi) is 2.72. The molecule has 0 amide bonds. The van der Waals surface area contributed by atoms with Crippen LogP contribution in [0.4, 0.5) is 22.0 Å². The SMILES string of the molecule is FC(F)C1CN(CC(F)(F)F)C=N1. The first kappa shape index (κ1) is 10.2. The monoisotopic (exact) mass is 202 g/mol. The van der Waals surface area contributed by atoms with Crippen LogP contribution < -0.4 is 0 Å². The molecule has 0 aliphatic carbocycles. The van der Waals surface area contributed by atoms with E-state index in [1.807, 2.05) is 0 Å². The van der Waals surface area contributed by atoms with Crippen LogP contribution in [0, 0.1) is 0 Å². The van der Waals surface area contributed by atoms with Crippen molar-refractivity contribution in [3.8, 4) is 0 Å². The van der Waals surface area contributed by atoms with E-state index >= 15 is 0 Å². The molecule has 1 aliphatic rings. The third-order valence-electron chi connectivity index (χ3n) is 1.52. The Balaban J connectivity index is 2.39. The first-order valence-corrected chi connectivity index (χ1v) is 3.51. The molecule has 0 aromatic heterocycles. The number of nitrogens with zero attached hydrogens (tertiary/aromatic N) is 2. The van der Waals surface area contributed by atoms with Crippen LogP contribution in [0.1, 0.15) is 0 Å². The molecule has 1 rings (SSSR count). The number of rotatable bonds is 2. The molecule has 1 unspecified atom stereocenters. The number of hydrogen-bond acceptors (Lipinski definition) is 2. The van der Waals surface area contributed by atoms with E-state index in [0.717, 1.165) is 11.2 Å². The maximum Gasteiger partial charge on any atom is 0.405 e. The standard InChI is InChI=1S/C6H7F5N2/c7-5(8)4-1-13(3-12-4)2-6(9,10)11/h3-5H,1-2H2. The van der Waals surface area contributed by atoms with Gasteiger partial charge < -0.3 is 4.90 Å². The Labute approximate surface area is 71.0 Å². The summed E-state index contributed by atoms with van der Waals surface area (Å²) in [5.74, 6) is 0. The topological polar surface area (TPSA) is 15.6 Å². The second kappa shape index (κ2) is 3.47. The summed E-state index contributed by atoms with van der Waals surface area (Å²) in [6.07, 6.45) is -6.25. The predicted octanol–water partition coefficient (Wildman–Crippen LogP) is 1.53. The lowest BCUT2D eigenvalue weighted by atomic mass is 10.3. The van der Waals surface area contributed by atoms with Gasteiger partial charge in [-0.1, -0.05) is 0 Å². The van der Waals surface area contributed by atoms with Crippen molar-refractivity contribution in [1.29, 1.82) is 0 Å². The van der Waals surface area contributed by atoms with Gasteiger partial charge in [-0.05, 0) is 0 Å². The average molecular weight is 202 g/mol. The predicted molar refractivity (Wildman–Crippen MR) is 35.9 cm³/mol. The van der Waals surface area contributed by atoms with Crippen LogP contribution in [0.2, 0.25) is 0 Å². The summed E-state index contributed by atoms with van der Waals surface area (Å²) < 4.78 is 59.1. The van der Waals surface area contributed by atoms with Gasteiger partial charge in [0.25, 0.3) is 6.43 Å². The summed E-state index contributed by atoms with van der Waals surface area (Å²) in [4.78, 5) is 3.98. The minimum atomic E-state index is -4.37. The van der Waals surface area contributed by atoms with Crippen LogP contribution in [0.5, 0.6) is 0 Å². The molecule has 0 saturated carbocycles. The Morgan fingerprint density at radius 3 is 2.46 bits per heavy atom. The number of aliphatic imine (C=N–C) groups is 1. The molecule has 0 N–H and O–H groups in total. The van der Waals surface area contributed by atoms with Crippen molar-refractivity contribution in [3.63, 3.8) is 0 Å². The lowest BCUT2D eigenvalue weighted by molar-refractivity contribution is -0.137. The molecule has 0 aromatic carbocycles. The summed E-state index contributed by atoms with van der Waals surface area (Å²) in [6.45, 7) is -1.59. The summed E-state index contributed by atoms with van der Waals surface area (Å²) in [6, 6.07) is -1.32. The molecule has 1 heterocycles. The molecular formula is C6H7F5N2. The Morgan fingerprint density at radius 1 is 1.46 bits per heavy atom. The molecule has 0 bridgehead atoms. The number of hydrogen-bond donors (Lipinski definition) is 0. The van der Waals surface area contributed by atoms with Crippen molar-refractivity contribution in [3.05, 3.63) is 0 Å². The fraction of sp³-hybridized carbons (Fsp3) is 0.833. The quantitative estimate of drug-likeness (QED) is 0.620. The Bertz CT molecular complexity index is 200. The molecule has 1 aliphatic heterocycles. The van der Waals surface area contributed by atoms with E-state index in [2.05, 4.69) is 4.99 Å². The summed E-state index contributed by atoms with van der Waals surface area (Å²) in [7, 11) is 0. The average Bonchev–Trinajstić information content (AvgIpc) is 2.31. The highest BCUT2D eigenvalue weighted by molar-refractivity contribution is 5.58. The van der Waals surface area contributed by atoms with Crippen molar-refractivity contribution in [2.75, 3.05) is 13.1 Å². The minimum Gasteiger partial charge on any atom is -0.351 e. The number of alkyl halides is 5. The molecule has 0 saturated heterocycles. The van der Waals surface area contributed by atoms with Crippen LogP contribution in [0.15, 0.2) is 4.99 Å². The first-order chi connectivity index (χ1) is 5.88. The zero-order valence-corrected chi connectivity index (χ0v) is 6.43. The van der Waals surface area contributed by atoms with Gasteiger partial charge in [-0.15, -0.1) is 0 Å². The fourth-order valence-corrected chi connectivity index (χ4v) is 0.995. The van der Waals surface area contributed by atoms with E-state index in [4.69, 9.17) is 0 Å². The van der Waals surface area contributed by atoms with Crippen LogP contribution in [0.25, 0.3) is 0 Å². The van der Waals surface area contributed by atoms with Gasteiger partial charge in [-0.2, -0.15) is 13.2 Å². The van der Waals surface area contributed by atoms with Gasteiger partial charge in [0.15, 0.2) is 0 Å². The summed E-state index contributed by atoms with van der Waals surface area (Å²) in [5.41, 5.74) is 0. The summed E-state index contributed by atoms with van der Waals surface area (Å²) in [5, 5.41) is 0. The highest BCUT2D eigenvalue weighted by atomic mass is 19.4. The fourth-order valence-electron chi connectivity index (χ4n) is 0.995. The maximum atomic E-state index is 11.9. The van der Waals surface area contributed by atoms with E-state index in [0.29, 0.717) is 0 Å². The maximum absolute atomic E-state index is 11.9. The largest absolute Gasteiger partial charge is 0.405 e. The lowest BCUT2D eigenvalue weighted by Crippen LogP contribution is -2.34. The third-order valence-corrected chi connectivity index (χ3v) is 1.52. The van der Waals surface area contributed by atoms with Crippen LogP contribution >= 0.6 is 0 Å². The highest BCUT2D eigenvalue weighted by Gasteiger charge is 2.34. The van der Waals surface area contributed by atoms with Gasteiger partial charge >= 0.3 is 6.18 Å². The Morgan fingerprint density at radius 2 is 2.08 bits per heavy atom. The second-order valence-electron chi connectivity index (χ2n) is 2.71. The normalized spacial score (nSPS) is 23.2. The minimum absolute atomic E-state index is 0.364. The van der Waals surface area contributed by atoms with E-state index in [1.54, 1.807) is 0 Å². The van der Waals surface area contributed by atoms with Crippen molar-refractivity contribution < 1.29 is 22.0 Å². The van der Waals surface area contributed by atoms with Gasteiger partial charge in [0.05, 0.1) is 6.34 Å². The van der Waals surface area contributed by atoms with Gasteiger partial charge in [0.1, 0.15) is 12.6 Å². The van der Waals surface area contributed by atoms with Crippen LogP contribution in [-0.2, 0) is 0 Å².